The molecule has 0 saturated carbocycles. The van der Waals surface area contributed by atoms with Crippen molar-refractivity contribution >= 4 is 23.6 Å². The van der Waals surface area contributed by atoms with Gasteiger partial charge in [0.05, 0.1) is 36.0 Å². The minimum Gasteiger partial charge on any atom is -0.306 e. The Hall–Kier alpha value is -1.87. The van der Waals surface area contributed by atoms with Gasteiger partial charge in [-0.05, 0) is 57.9 Å². The highest BCUT2D eigenvalue weighted by Crippen LogP contribution is 2.55. The van der Waals surface area contributed by atoms with Gasteiger partial charge < -0.3 is 9.05 Å². The number of nitrogens with zero attached hydrogens (tertiary/aromatic N) is 3. The molecule has 0 amide bonds. The van der Waals surface area contributed by atoms with Crippen molar-refractivity contribution in [2.45, 2.75) is 65.8 Å². The molecule has 2 aromatic rings. The molecular formula is C22H33FN3O5PS. The van der Waals surface area contributed by atoms with Crippen LogP contribution in [-0.4, -0.2) is 43.9 Å². The third-order valence-corrected chi connectivity index (χ3v) is 7.91. The van der Waals surface area contributed by atoms with Crippen LogP contribution in [0.1, 0.15) is 58.7 Å². The van der Waals surface area contributed by atoms with Crippen molar-refractivity contribution in [3.63, 3.8) is 0 Å². The van der Waals surface area contributed by atoms with E-state index < -0.39 is 23.4 Å². The van der Waals surface area contributed by atoms with Crippen molar-refractivity contribution in [2.24, 2.45) is 0 Å². The van der Waals surface area contributed by atoms with Crippen molar-refractivity contribution in [3.05, 3.63) is 41.3 Å². The first kappa shape index (κ1) is 27.4. The van der Waals surface area contributed by atoms with Gasteiger partial charge in [0, 0.05) is 18.2 Å². The third-order valence-electron chi connectivity index (χ3n) is 4.57. The molecule has 8 nitrogen and oxygen atoms in total. The average Bonchev–Trinajstić information content (AvgIpc) is 2.65. The first-order chi connectivity index (χ1) is 15.1. The summed E-state index contributed by atoms with van der Waals surface area (Å²) in [6.45, 7) is 10.8. The van der Waals surface area contributed by atoms with Gasteiger partial charge in [0.15, 0.2) is 0 Å². The van der Waals surface area contributed by atoms with E-state index in [1.807, 2.05) is 13.8 Å². The van der Waals surface area contributed by atoms with Crippen LogP contribution in [0.5, 0.6) is 0 Å². The Bertz CT molecular complexity index is 1110. The van der Waals surface area contributed by atoms with Gasteiger partial charge in [0.1, 0.15) is 5.82 Å². The molecule has 0 saturated heterocycles. The summed E-state index contributed by atoms with van der Waals surface area (Å²) >= 11 is 0. The van der Waals surface area contributed by atoms with Gasteiger partial charge in [-0.15, -0.1) is 0 Å². The van der Waals surface area contributed by atoms with E-state index in [1.165, 1.54) is 31.3 Å². The molecule has 0 atom stereocenters. The second-order valence-corrected chi connectivity index (χ2v) is 12.7. The molecule has 0 fully saturated rings. The molecule has 33 heavy (non-hydrogen) atoms. The van der Waals surface area contributed by atoms with Crippen molar-refractivity contribution in [1.29, 1.82) is 0 Å². The summed E-state index contributed by atoms with van der Waals surface area (Å²) in [6, 6.07) is 5.64. The van der Waals surface area contributed by atoms with Crippen LogP contribution in [0.25, 0.3) is 11.3 Å². The predicted molar refractivity (Wildman–Crippen MR) is 129 cm³/mol. The highest BCUT2D eigenvalue weighted by Gasteiger charge is 2.33. The standard InChI is InChI=1S/C22H33FN3O5PS/c1-14(2)20-19(13-32(27,30-15(3)4)31-16(5)6)21(17-9-11-18(23)12-10-17)25-22(24-20)26(7)33(8,28)29/h9-12,14-16H,13H2,1-8H3. The zero-order chi connectivity index (χ0) is 25.1. The molecule has 1 heterocycles. The Balaban J connectivity index is 2.83. The van der Waals surface area contributed by atoms with Gasteiger partial charge in [0.25, 0.3) is 0 Å². The Morgan fingerprint density at radius 1 is 1.00 bits per heavy atom. The van der Waals surface area contributed by atoms with Crippen LogP contribution in [0.3, 0.4) is 0 Å². The molecule has 0 aliphatic carbocycles. The van der Waals surface area contributed by atoms with Crippen LogP contribution >= 0.6 is 7.60 Å². The van der Waals surface area contributed by atoms with Gasteiger partial charge >= 0.3 is 7.60 Å². The smallest absolute Gasteiger partial charge is 0.306 e. The molecule has 0 radical (unpaired) electrons. The van der Waals surface area contributed by atoms with Crippen LogP contribution in [0.4, 0.5) is 10.3 Å². The first-order valence-electron chi connectivity index (χ1n) is 10.7. The summed E-state index contributed by atoms with van der Waals surface area (Å²) in [5.74, 6) is -0.627. The zero-order valence-corrected chi connectivity index (χ0v) is 22.1. The summed E-state index contributed by atoms with van der Waals surface area (Å²) in [4.78, 5) is 9.02. The number of anilines is 1. The Morgan fingerprint density at radius 2 is 1.52 bits per heavy atom. The van der Waals surface area contributed by atoms with Gasteiger partial charge in [-0.2, -0.15) is 0 Å². The topological polar surface area (TPSA) is 98.7 Å². The maximum absolute atomic E-state index is 13.7. The van der Waals surface area contributed by atoms with Crippen LogP contribution in [0.15, 0.2) is 24.3 Å². The van der Waals surface area contributed by atoms with Crippen molar-refractivity contribution < 1.29 is 26.4 Å². The molecule has 0 unspecified atom stereocenters. The molecular weight excluding hydrogens is 468 g/mol. The Labute approximate surface area is 196 Å². The normalized spacial score (nSPS) is 12.7. The van der Waals surface area contributed by atoms with Gasteiger partial charge in [0.2, 0.25) is 16.0 Å². The van der Waals surface area contributed by atoms with Gasteiger partial charge in [-0.25, -0.2) is 27.1 Å². The number of hydrogen-bond acceptors (Lipinski definition) is 7. The van der Waals surface area contributed by atoms with Gasteiger partial charge in [-0.1, -0.05) is 13.8 Å². The molecule has 0 bridgehead atoms. The van der Waals surface area contributed by atoms with Crippen molar-refractivity contribution in [3.8, 4) is 11.3 Å². The lowest BCUT2D eigenvalue weighted by molar-refractivity contribution is 0.141. The number of sulfonamides is 1. The van der Waals surface area contributed by atoms with Crippen molar-refractivity contribution in [1.82, 2.24) is 9.97 Å². The highest BCUT2D eigenvalue weighted by molar-refractivity contribution is 7.92. The number of hydrogen-bond donors (Lipinski definition) is 0. The van der Waals surface area contributed by atoms with E-state index in [0.717, 1.165) is 10.6 Å². The monoisotopic (exact) mass is 501 g/mol. The van der Waals surface area contributed by atoms with Crippen molar-refractivity contribution in [2.75, 3.05) is 17.6 Å². The molecule has 11 heteroatoms. The summed E-state index contributed by atoms with van der Waals surface area (Å²) in [7, 11) is -5.92. The Morgan fingerprint density at radius 3 is 1.94 bits per heavy atom. The first-order valence-corrected chi connectivity index (χ1v) is 14.3. The van der Waals surface area contributed by atoms with Gasteiger partial charge in [-0.3, -0.25) is 4.57 Å². The molecule has 1 aromatic heterocycles. The molecule has 0 aliphatic heterocycles. The van der Waals surface area contributed by atoms with E-state index in [4.69, 9.17) is 9.05 Å². The molecule has 0 aliphatic rings. The predicted octanol–water partition coefficient (Wildman–Crippen LogP) is 5.35. The maximum atomic E-state index is 13.7. The maximum Gasteiger partial charge on any atom is 0.335 e. The lowest BCUT2D eigenvalue weighted by Crippen LogP contribution is -2.28. The second-order valence-electron chi connectivity index (χ2n) is 8.71. The molecule has 0 N–H and O–H groups in total. The van der Waals surface area contributed by atoms with E-state index in [2.05, 4.69) is 9.97 Å². The van der Waals surface area contributed by atoms with E-state index >= 15 is 0 Å². The number of aromatic nitrogens is 2. The summed E-state index contributed by atoms with van der Waals surface area (Å²) in [5.41, 5.74) is 1.89. The van der Waals surface area contributed by atoms with Crippen LogP contribution in [0, 0.1) is 5.82 Å². The van der Waals surface area contributed by atoms with E-state index in [1.54, 1.807) is 27.7 Å². The van der Waals surface area contributed by atoms with E-state index in [0.29, 0.717) is 22.5 Å². The SMILES string of the molecule is CC(C)OP(=O)(Cc1c(-c2ccc(F)cc2)nc(N(C)S(C)(=O)=O)nc1C(C)C)OC(C)C. The molecule has 1 aromatic carbocycles. The summed E-state index contributed by atoms with van der Waals surface area (Å²) < 4.78 is 64.2. The fraction of sp³-hybridized carbons (Fsp3) is 0.545. The van der Waals surface area contributed by atoms with Crippen LogP contribution < -0.4 is 4.31 Å². The second kappa shape index (κ2) is 10.6. The minimum absolute atomic E-state index is 0.0336. The number of rotatable bonds is 10. The fourth-order valence-electron chi connectivity index (χ4n) is 3.19. The molecule has 0 spiro atoms. The highest BCUT2D eigenvalue weighted by atomic mass is 32.2. The quantitative estimate of drug-likeness (QED) is 0.405. The lowest BCUT2D eigenvalue weighted by atomic mass is 9.99. The molecule has 2 rings (SSSR count). The zero-order valence-electron chi connectivity index (χ0n) is 20.4. The number of halogens is 1. The minimum atomic E-state index is -3.64. The lowest BCUT2D eigenvalue weighted by Gasteiger charge is -2.26. The van der Waals surface area contributed by atoms with E-state index in [-0.39, 0.29) is 30.2 Å². The number of benzene rings is 1. The summed E-state index contributed by atoms with van der Waals surface area (Å²) in [6.07, 6.45) is 0.218. The van der Waals surface area contributed by atoms with Crippen LogP contribution in [-0.2, 0) is 29.8 Å². The summed E-state index contributed by atoms with van der Waals surface area (Å²) in [5, 5.41) is 0. The Kier molecular flexibility index (Phi) is 8.79. The third kappa shape index (κ3) is 7.30. The average molecular weight is 502 g/mol. The van der Waals surface area contributed by atoms with Crippen LogP contribution in [0.2, 0.25) is 0 Å². The fourth-order valence-corrected chi connectivity index (χ4v) is 5.75. The molecule has 184 valence electrons. The largest absolute Gasteiger partial charge is 0.335 e. The van der Waals surface area contributed by atoms with E-state index in [9.17, 15) is 17.4 Å².